The Hall–Kier alpha value is -2.82. The minimum atomic E-state index is -0.546. The van der Waals surface area contributed by atoms with Crippen molar-refractivity contribution in [2.24, 2.45) is 0 Å². The molecule has 0 bridgehead atoms. The molecular formula is C27H36N2O3. The molecule has 1 saturated carbocycles. The average Bonchev–Trinajstić information content (AvgIpc) is 2.80. The van der Waals surface area contributed by atoms with Gasteiger partial charge in [-0.05, 0) is 57.2 Å². The third kappa shape index (κ3) is 6.84. The zero-order valence-corrected chi connectivity index (χ0v) is 19.6. The van der Waals surface area contributed by atoms with Gasteiger partial charge in [-0.2, -0.15) is 0 Å². The van der Waals surface area contributed by atoms with Crippen LogP contribution >= 0.6 is 0 Å². The molecule has 0 unspecified atom stereocenters. The van der Waals surface area contributed by atoms with Crippen molar-refractivity contribution in [1.29, 1.82) is 0 Å². The molecule has 0 radical (unpaired) electrons. The SMILES string of the molecule is Cc1ccc(OCC(=O)N(CCc2ccccc2)[C@H](C)C(=O)NC2CCCCC2)c(C)c1. The molecule has 1 aliphatic rings. The van der Waals surface area contributed by atoms with Crippen molar-refractivity contribution in [3.05, 3.63) is 65.2 Å². The van der Waals surface area contributed by atoms with Crippen molar-refractivity contribution in [1.82, 2.24) is 10.2 Å². The van der Waals surface area contributed by atoms with Gasteiger partial charge in [0.25, 0.3) is 5.91 Å². The lowest BCUT2D eigenvalue weighted by molar-refractivity contribution is -0.141. The summed E-state index contributed by atoms with van der Waals surface area (Å²) in [5.74, 6) is 0.447. The lowest BCUT2D eigenvalue weighted by Crippen LogP contribution is -2.52. The summed E-state index contributed by atoms with van der Waals surface area (Å²) in [5, 5.41) is 3.17. The highest BCUT2D eigenvalue weighted by Gasteiger charge is 2.28. The summed E-state index contributed by atoms with van der Waals surface area (Å²) in [4.78, 5) is 27.8. The fourth-order valence-corrected chi connectivity index (χ4v) is 4.32. The van der Waals surface area contributed by atoms with Gasteiger partial charge < -0.3 is 15.0 Å². The third-order valence-electron chi connectivity index (χ3n) is 6.28. The van der Waals surface area contributed by atoms with Crippen molar-refractivity contribution < 1.29 is 14.3 Å². The minimum Gasteiger partial charge on any atom is -0.483 e. The summed E-state index contributed by atoms with van der Waals surface area (Å²) in [7, 11) is 0. The molecule has 3 rings (SSSR count). The summed E-state index contributed by atoms with van der Waals surface area (Å²) in [6, 6.07) is 15.6. The molecule has 1 fully saturated rings. The number of rotatable bonds is 9. The van der Waals surface area contributed by atoms with Gasteiger partial charge in [0.2, 0.25) is 5.91 Å². The number of nitrogens with zero attached hydrogens (tertiary/aromatic N) is 1. The first-order chi connectivity index (χ1) is 15.4. The van der Waals surface area contributed by atoms with Gasteiger partial charge in [0.05, 0.1) is 0 Å². The topological polar surface area (TPSA) is 58.6 Å². The molecule has 5 heteroatoms. The zero-order valence-electron chi connectivity index (χ0n) is 19.6. The van der Waals surface area contributed by atoms with E-state index in [-0.39, 0.29) is 24.5 Å². The van der Waals surface area contributed by atoms with Gasteiger partial charge in [-0.15, -0.1) is 0 Å². The first-order valence-electron chi connectivity index (χ1n) is 11.8. The quantitative estimate of drug-likeness (QED) is 0.625. The van der Waals surface area contributed by atoms with E-state index in [0.717, 1.165) is 42.4 Å². The van der Waals surface area contributed by atoms with Crippen LogP contribution in [0, 0.1) is 13.8 Å². The summed E-state index contributed by atoms with van der Waals surface area (Å²) in [6.45, 7) is 6.20. The van der Waals surface area contributed by atoms with Crippen molar-refractivity contribution >= 4 is 11.8 Å². The molecule has 0 spiro atoms. The van der Waals surface area contributed by atoms with E-state index in [0.29, 0.717) is 18.7 Å². The molecular weight excluding hydrogens is 400 g/mol. The van der Waals surface area contributed by atoms with Crippen molar-refractivity contribution in [3.63, 3.8) is 0 Å². The van der Waals surface area contributed by atoms with Gasteiger partial charge in [-0.3, -0.25) is 9.59 Å². The monoisotopic (exact) mass is 436 g/mol. The Labute approximate surface area is 192 Å². The molecule has 0 heterocycles. The molecule has 172 valence electrons. The molecule has 1 aliphatic carbocycles. The Bertz CT molecular complexity index is 891. The number of carbonyl (C=O) groups is 2. The third-order valence-corrected chi connectivity index (χ3v) is 6.28. The maximum atomic E-state index is 13.2. The van der Waals surface area contributed by atoms with E-state index in [2.05, 4.69) is 5.32 Å². The number of carbonyl (C=O) groups excluding carboxylic acids is 2. The van der Waals surface area contributed by atoms with Crippen molar-refractivity contribution in [2.45, 2.75) is 71.4 Å². The maximum absolute atomic E-state index is 13.2. The number of hydrogen-bond donors (Lipinski definition) is 1. The Morgan fingerprint density at radius 2 is 1.78 bits per heavy atom. The van der Waals surface area contributed by atoms with E-state index < -0.39 is 6.04 Å². The van der Waals surface area contributed by atoms with Crippen LogP contribution in [0.2, 0.25) is 0 Å². The number of nitrogens with one attached hydrogen (secondary N) is 1. The van der Waals surface area contributed by atoms with Crippen molar-refractivity contribution in [3.8, 4) is 5.75 Å². The number of benzene rings is 2. The second-order valence-electron chi connectivity index (χ2n) is 8.90. The second kappa shape index (κ2) is 11.7. The smallest absolute Gasteiger partial charge is 0.261 e. The highest BCUT2D eigenvalue weighted by molar-refractivity contribution is 5.88. The van der Waals surface area contributed by atoms with E-state index >= 15 is 0 Å². The molecule has 0 saturated heterocycles. The van der Waals surface area contributed by atoms with Crippen LogP contribution in [-0.4, -0.2) is 41.9 Å². The molecule has 0 aromatic heterocycles. The van der Waals surface area contributed by atoms with Crippen LogP contribution in [0.3, 0.4) is 0 Å². The van der Waals surface area contributed by atoms with Gasteiger partial charge >= 0.3 is 0 Å². The Morgan fingerprint density at radius 1 is 1.06 bits per heavy atom. The van der Waals surface area contributed by atoms with Crippen LogP contribution in [0.4, 0.5) is 0 Å². The summed E-state index contributed by atoms with van der Waals surface area (Å²) < 4.78 is 5.84. The molecule has 2 aromatic rings. The van der Waals surface area contributed by atoms with Crippen LogP contribution in [-0.2, 0) is 16.0 Å². The maximum Gasteiger partial charge on any atom is 0.261 e. The van der Waals surface area contributed by atoms with Crippen LogP contribution in [0.15, 0.2) is 48.5 Å². The largest absolute Gasteiger partial charge is 0.483 e. The molecule has 32 heavy (non-hydrogen) atoms. The standard InChI is InChI=1S/C27H36N2O3/c1-20-14-15-25(21(2)18-20)32-19-26(30)29(17-16-23-10-6-4-7-11-23)22(3)27(31)28-24-12-8-5-9-13-24/h4,6-7,10-11,14-15,18,22,24H,5,8-9,12-13,16-17,19H2,1-3H3,(H,28,31)/t22-/m1/s1. The van der Waals surface area contributed by atoms with Gasteiger partial charge in [0.1, 0.15) is 11.8 Å². The van der Waals surface area contributed by atoms with E-state index in [4.69, 9.17) is 4.74 Å². The van der Waals surface area contributed by atoms with Crippen molar-refractivity contribution in [2.75, 3.05) is 13.2 Å². The summed E-state index contributed by atoms with van der Waals surface area (Å²) in [5.41, 5.74) is 3.29. The fourth-order valence-electron chi connectivity index (χ4n) is 4.32. The van der Waals surface area contributed by atoms with Gasteiger partial charge in [0.15, 0.2) is 6.61 Å². The second-order valence-corrected chi connectivity index (χ2v) is 8.90. The summed E-state index contributed by atoms with van der Waals surface area (Å²) in [6.07, 6.45) is 6.27. The van der Waals surface area contributed by atoms with E-state index in [1.165, 1.54) is 6.42 Å². The Balaban J connectivity index is 1.66. The molecule has 1 N–H and O–H groups in total. The van der Waals surface area contributed by atoms with E-state index in [1.54, 1.807) is 4.90 Å². The number of amides is 2. The molecule has 0 aliphatic heterocycles. The van der Waals surface area contributed by atoms with Gasteiger partial charge in [-0.25, -0.2) is 0 Å². The predicted octanol–water partition coefficient (Wildman–Crippen LogP) is 4.59. The lowest BCUT2D eigenvalue weighted by Gasteiger charge is -2.31. The molecule has 1 atom stereocenters. The van der Waals surface area contributed by atoms with E-state index in [9.17, 15) is 9.59 Å². The molecule has 2 amide bonds. The molecule has 5 nitrogen and oxygen atoms in total. The van der Waals surface area contributed by atoms with Gasteiger partial charge in [-0.1, -0.05) is 67.3 Å². The minimum absolute atomic E-state index is 0.0789. The van der Waals surface area contributed by atoms with E-state index in [1.807, 2.05) is 69.3 Å². The first kappa shape index (κ1) is 23.8. The Kier molecular flexibility index (Phi) is 8.72. The number of hydrogen-bond acceptors (Lipinski definition) is 3. The highest BCUT2D eigenvalue weighted by atomic mass is 16.5. The predicted molar refractivity (Wildman–Crippen MR) is 128 cm³/mol. The average molecular weight is 437 g/mol. The first-order valence-corrected chi connectivity index (χ1v) is 11.8. The number of ether oxygens (including phenoxy) is 1. The Morgan fingerprint density at radius 3 is 2.47 bits per heavy atom. The van der Waals surface area contributed by atoms with Crippen LogP contribution in [0.5, 0.6) is 5.75 Å². The summed E-state index contributed by atoms with van der Waals surface area (Å²) >= 11 is 0. The van der Waals surface area contributed by atoms with Crippen LogP contribution in [0.25, 0.3) is 0 Å². The number of aryl methyl sites for hydroxylation is 2. The molecule has 2 aromatic carbocycles. The zero-order chi connectivity index (χ0) is 22.9. The lowest BCUT2D eigenvalue weighted by atomic mass is 9.95. The fraction of sp³-hybridized carbons (Fsp3) is 0.481. The van der Waals surface area contributed by atoms with Crippen LogP contribution in [0.1, 0.15) is 55.7 Å². The highest BCUT2D eigenvalue weighted by Crippen LogP contribution is 2.20. The van der Waals surface area contributed by atoms with Crippen LogP contribution < -0.4 is 10.1 Å². The normalized spacial score (nSPS) is 15.1. The van der Waals surface area contributed by atoms with Gasteiger partial charge in [0, 0.05) is 12.6 Å².